The van der Waals surface area contributed by atoms with Crippen LogP contribution in [0.2, 0.25) is 0 Å². The molecule has 3 aromatic carbocycles. The largest absolute Gasteiger partial charge is 0.454 e. The number of amidine groups is 1. The van der Waals surface area contributed by atoms with E-state index in [1.54, 1.807) is 0 Å². The second-order valence-electron chi connectivity index (χ2n) is 7.75. The molecule has 164 valence electrons. The second-order valence-corrected chi connectivity index (χ2v) is 7.75. The molecule has 1 N–H and O–H groups in total. The van der Waals surface area contributed by atoms with Gasteiger partial charge in [0.05, 0.1) is 11.5 Å². The molecule has 1 heterocycles. The highest BCUT2D eigenvalue weighted by Gasteiger charge is 2.23. The van der Waals surface area contributed by atoms with E-state index in [1.807, 2.05) is 79.7 Å². The molecule has 0 radical (unpaired) electrons. The highest BCUT2D eigenvalue weighted by Crippen LogP contribution is 2.39. The number of benzene rings is 3. The summed E-state index contributed by atoms with van der Waals surface area (Å²) >= 11 is 0. The zero-order valence-corrected chi connectivity index (χ0v) is 18.8. The lowest BCUT2D eigenvalue weighted by atomic mass is 9.95. The third kappa shape index (κ3) is 4.37. The number of hydrogen-bond acceptors (Lipinski definition) is 4. The minimum Gasteiger partial charge on any atom is -0.454 e. The molecule has 5 heteroatoms. The third-order valence-electron chi connectivity index (χ3n) is 5.79. The van der Waals surface area contributed by atoms with E-state index in [-0.39, 0.29) is 11.8 Å². The Kier molecular flexibility index (Phi) is 6.55. The van der Waals surface area contributed by atoms with E-state index in [2.05, 4.69) is 24.1 Å². The Morgan fingerprint density at radius 2 is 1.66 bits per heavy atom. The van der Waals surface area contributed by atoms with Crippen molar-refractivity contribution in [2.75, 3.05) is 18.4 Å². The Bertz CT molecular complexity index is 1120. The van der Waals surface area contributed by atoms with Crippen molar-refractivity contribution in [1.82, 2.24) is 4.90 Å². The van der Waals surface area contributed by atoms with Crippen LogP contribution in [0.4, 0.5) is 11.4 Å². The van der Waals surface area contributed by atoms with Gasteiger partial charge in [0.15, 0.2) is 5.75 Å². The molecule has 0 bridgehead atoms. The van der Waals surface area contributed by atoms with E-state index in [4.69, 9.17) is 9.73 Å². The highest BCUT2D eigenvalue weighted by atomic mass is 16.5. The third-order valence-corrected chi connectivity index (χ3v) is 5.79. The molecule has 1 atom stereocenters. The number of nitrogens with zero attached hydrogens (tertiary/aromatic N) is 2. The second kappa shape index (κ2) is 9.69. The van der Waals surface area contributed by atoms with E-state index < -0.39 is 0 Å². The van der Waals surface area contributed by atoms with Crippen LogP contribution in [0.1, 0.15) is 44.2 Å². The Balaban J connectivity index is 1.70. The highest BCUT2D eigenvalue weighted by molar-refractivity contribution is 6.05. The molecule has 3 aromatic rings. The van der Waals surface area contributed by atoms with Crippen LogP contribution in [0.5, 0.6) is 11.5 Å². The molecule has 0 unspecified atom stereocenters. The molecule has 0 fully saturated rings. The van der Waals surface area contributed by atoms with Gasteiger partial charge in [-0.1, -0.05) is 49.4 Å². The summed E-state index contributed by atoms with van der Waals surface area (Å²) in [5.74, 6) is 2.09. The van der Waals surface area contributed by atoms with Gasteiger partial charge in [-0.05, 0) is 56.2 Å². The average molecular weight is 428 g/mol. The lowest BCUT2D eigenvalue weighted by molar-refractivity contribution is -0.117. The van der Waals surface area contributed by atoms with Gasteiger partial charge in [0.1, 0.15) is 17.3 Å². The van der Waals surface area contributed by atoms with Gasteiger partial charge in [0.2, 0.25) is 5.91 Å². The topological polar surface area (TPSA) is 53.9 Å². The van der Waals surface area contributed by atoms with Crippen LogP contribution in [-0.4, -0.2) is 29.7 Å². The maximum absolute atomic E-state index is 13.1. The number of fused-ring (bicyclic) bond motifs is 2. The number of anilines is 1. The number of amides is 1. The molecule has 32 heavy (non-hydrogen) atoms. The Morgan fingerprint density at radius 1 is 0.938 bits per heavy atom. The van der Waals surface area contributed by atoms with Crippen molar-refractivity contribution in [1.29, 1.82) is 0 Å². The number of carbonyl (C=O) groups is 1. The minimum atomic E-state index is -0.202. The van der Waals surface area contributed by atoms with Crippen LogP contribution in [0, 0.1) is 0 Å². The molecule has 1 aliphatic heterocycles. The Labute approximate surface area is 189 Å². The van der Waals surface area contributed by atoms with E-state index in [9.17, 15) is 4.79 Å². The fourth-order valence-electron chi connectivity index (χ4n) is 4.05. The molecule has 0 aliphatic carbocycles. The molecule has 1 amide bonds. The number of para-hydroxylation sites is 2. The molecule has 0 spiro atoms. The van der Waals surface area contributed by atoms with Gasteiger partial charge in [0.25, 0.3) is 0 Å². The zero-order valence-electron chi connectivity index (χ0n) is 18.8. The maximum Gasteiger partial charge on any atom is 0.231 e. The van der Waals surface area contributed by atoms with E-state index in [1.165, 1.54) is 0 Å². The first kappa shape index (κ1) is 21.6. The van der Waals surface area contributed by atoms with Crippen LogP contribution >= 0.6 is 0 Å². The molecular formula is C27H29N3O2. The number of rotatable bonds is 6. The summed E-state index contributed by atoms with van der Waals surface area (Å²) in [5, 5.41) is 3.11. The van der Waals surface area contributed by atoms with Crippen molar-refractivity contribution in [3.8, 4) is 11.5 Å². The van der Waals surface area contributed by atoms with Crippen molar-refractivity contribution in [2.24, 2.45) is 4.99 Å². The number of hydrogen-bond donors (Lipinski definition) is 1. The molecular weight excluding hydrogens is 398 g/mol. The molecule has 1 aliphatic rings. The van der Waals surface area contributed by atoms with Gasteiger partial charge < -0.3 is 15.0 Å². The summed E-state index contributed by atoms with van der Waals surface area (Å²) in [6.07, 6.45) is 0.728. The lowest BCUT2D eigenvalue weighted by Gasteiger charge is -2.24. The van der Waals surface area contributed by atoms with E-state index >= 15 is 0 Å². The summed E-state index contributed by atoms with van der Waals surface area (Å²) in [5.41, 5.74) is 3.42. The van der Waals surface area contributed by atoms with E-state index in [0.29, 0.717) is 0 Å². The standard InChI is InChI=1S/C27H29N3O2/c1-4-21(19-12-8-7-9-13-19)27(31)28-20-16-17-24-22(18-20)26(30(5-2)6-3)29-23-14-10-11-15-25(23)32-24/h7-18,21H,4-6H2,1-3H3,(H,28,31)/t21-/m0/s1. The summed E-state index contributed by atoms with van der Waals surface area (Å²) in [4.78, 5) is 20.3. The van der Waals surface area contributed by atoms with Crippen molar-refractivity contribution in [3.05, 3.63) is 83.9 Å². The first-order valence-electron chi connectivity index (χ1n) is 11.2. The Morgan fingerprint density at radius 3 is 2.38 bits per heavy atom. The first-order chi connectivity index (χ1) is 15.6. The predicted octanol–water partition coefficient (Wildman–Crippen LogP) is 6.34. The van der Waals surface area contributed by atoms with Crippen molar-refractivity contribution < 1.29 is 9.53 Å². The van der Waals surface area contributed by atoms with Crippen molar-refractivity contribution >= 4 is 23.1 Å². The fraction of sp³-hybridized carbons (Fsp3) is 0.259. The number of aliphatic imine (C=N–C) groups is 1. The maximum atomic E-state index is 13.1. The van der Waals surface area contributed by atoms with E-state index in [0.717, 1.165) is 59.3 Å². The number of nitrogens with one attached hydrogen (secondary N) is 1. The first-order valence-corrected chi connectivity index (χ1v) is 11.2. The summed E-state index contributed by atoms with van der Waals surface area (Å²) < 4.78 is 6.22. The van der Waals surface area contributed by atoms with Gasteiger partial charge >= 0.3 is 0 Å². The van der Waals surface area contributed by atoms with Crippen molar-refractivity contribution in [3.63, 3.8) is 0 Å². The molecule has 5 nitrogen and oxygen atoms in total. The monoisotopic (exact) mass is 427 g/mol. The van der Waals surface area contributed by atoms with Gasteiger partial charge in [0, 0.05) is 18.8 Å². The zero-order chi connectivity index (χ0) is 22.5. The van der Waals surface area contributed by atoms with Gasteiger partial charge in [-0.15, -0.1) is 0 Å². The van der Waals surface area contributed by atoms with Crippen molar-refractivity contribution in [2.45, 2.75) is 33.1 Å². The summed E-state index contributed by atoms with van der Waals surface area (Å²) in [6.45, 7) is 7.89. The van der Waals surface area contributed by atoms with Crippen LogP contribution in [0.25, 0.3) is 0 Å². The SMILES string of the molecule is CC[C@H](C(=O)Nc1ccc2c(c1)C(N(CC)CC)=Nc1ccccc1O2)c1ccccc1. The molecule has 0 saturated carbocycles. The number of carbonyl (C=O) groups excluding carboxylic acids is 1. The lowest BCUT2D eigenvalue weighted by Crippen LogP contribution is -2.31. The Hall–Kier alpha value is -3.60. The van der Waals surface area contributed by atoms with Crippen LogP contribution < -0.4 is 10.1 Å². The number of ether oxygens (including phenoxy) is 1. The summed E-state index contributed by atoms with van der Waals surface area (Å²) in [7, 11) is 0. The van der Waals surface area contributed by atoms with Crippen LogP contribution in [-0.2, 0) is 4.79 Å². The van der Waals surface area contributed by atoms with Crippen LogP contribution in [0.15, 0.2) is 77.8 Å². The fourth-order valence-corrected chi connectivity index (χ4v) is 4.05. The smallest absolute Gasteiger partial charge is 0.231 e. The quantitative estimate of drug-likeness (QED) is 0.499. The van der Waals surface area contributed by atoms with Gasteiger partial charge in [-0.25, -0.2) is 4.99 Å². The normalized spacial score (nSPS) is 13.0. The molecule has 4 rings (SSSR count). The minimum absolute atomic E-state index is 0.0159. The molecule has 0 aromatic heterocycles. The van der Waals surface area contributed by atoms with Crippen LogP contribution in [0.3, 0.4) is 0 Å². The van der Waals surface area contributed by atoms with Gasteiger partial charge in [-0.2, -0.15) is 0 Å². The summed E-state index contributed by atoms with van der Waals surface area (Å²) in [6, 6.07) is 23.5. The van der Waals surface area contributed by atoms with Gasteiger partial charge in [-0.3, -0.25) is 4.79 Å². The average Bonchev–Trinajstić information content (AvgIpc) is 2.98. The predicted molar refractivity (Wildman–Crippen MR) is 130 cm³/mol. The molecule has 0 saturated heterocycles.